The van der Waals surface area contributed by atoms with Gasteiger partial charge in [0.1, 0.15) is 13.2 Å². The van der Waals surface area contributed by atoms with E-state index in [0.29, 0.717) is 19.3 Å². The van der Waals surface area contributed by atoms with Crippen LogP contribution in [0.5, 0.6) is 0 Å². The van der Waals surface area contributed by atoms with Gasteiger partial charge in [0.2, 0.25) is 0 Å². The highest BCUT2D eigenvalue weighted by Crippen LogP contribution is 2.16. The first-order chi connectivity index (χ1) is 33.5. The largest absolute Gasteiger partial charge is 0.462 e. The van der Waals surface area contributed by atoms with Crippen molar-refractivity contribution in [3.63, 3.8) is 0 Å². The Kier molecular flexibility index (Phi) is 54.8. The van der Waals surface area contributed by atoms with Gasteiger partial charge in [-0.2, -0.15) is 0 Å². The molecule has 0 bridgehead atoms. The molecule has 0 amide bonds. The third kappa shape index (κ3) is 54.3. The molecule has 0 radical (unpaired) electrons. The summed E-state index contributed by atoms with van der Waals surface area (Å²) in [6.45, 7) is 6.62. The van der Waals surface area contributed by atoms with Crippen molar-refractivity contribution in [2.24, 2.45) is 0 Å². The molecule has 0 saturated heterocycles. The fourth-order valence-corrected chi connectivity index (χ4v) is 8.58. The van der Waals surface area contributed by atoms with Gasteiger partial charge in [0, 0.05) is 19.3 Å². The molecule has 1 unspecified atom stereocenters. The minimum Gasteiger partial charge on any atom is -0.462 e. The van der Waals surface area contributed by atoms with Gasteiger partial charge in [0.25, 0.3) is 0 Å². The van der Waals surface area contributed by atoms with Crippen LogP contribution in [0.25, 0.3) is 0 Å². The third-order valence-electron chi connectivity index (χ3n) is 13.1. The maximum Gasteiger partial charge on any atom is 0.306 e. The van der Waals surface area contributed by atoms with Crippen LogP contribution in [0, 0.1) is 0 Å². The van der Waals surface area contributed by atoms with E-state index in [1.807, 2.05) is 0 Å². The first kappa shape index (κ1) is 65.4. The Morgan fingerprint density at radius 3 is 0.941 bits per heavy atom. The van der Waals surface area contributed by atoms with Gasteiger partial charge in [-0.05, 0) is 77.0 Å². The van der Waals surface area contributed by atoms with Crippen LogP contribution in [-0.2, 0) is 28.6 Å². The molecule has 6 nitrogen and oxygen atoms in total. The van der Waals surface area contributed by atoms with Crippen molar-refractivity contribution >= 4 is 17.9 Å². The zero-order valence-corrected chi connectivity index (χ0v) is 45.4. The van der Waals surface area contributed by atoms with Crippen molar-refractivity contribution in [1.82, 2.24) is 0 Å². The van der Waals surface area contributed by atoms with Crippen LogP contribution >= 0.6 is 0 Å². The van der Waals surface area contributed by atoms with E-state index in [1.54, 1.807) is 0 Å². The summed E-state index contributed by atoms with van der Waals surface area (Å²) in [5.41, 5.74) is 0. The highest BCUT2D eigenvalue weighted by atomic mass is 16.6. The molecule has 0 aromatic carbocycles. The summed E-state index contributed by atoms with van der Waals surface area (Å²) < 4.78 is 16.9. The number of esters is 3. The Bertz CT molecular complexity index is 1190. The van der Waals surface area contributed by atoms with Gasteiger partial charge >= 0.3 is 17.9 Å². The van der Waals surface area contributed by atoms with Crippen molar-refractivity contribution < 1.29 is 28.6 Å². The zero-order valence-electron chi connectivity index (χ0n) is 45.4. The molecule has 0 aliphatic heterocycles. The summed E-state index contributed by atoms with van der Waals surface area (Å²) in [4.78, 5) is 38.2. The van der Waals surface area contributed by atoms with Crippen molar-refractivity contribution in [2.75, 3.05) is 13.2 Å². The van der Waals surface area contributed by atoms with Crippen molar-refractivity contribution in [3.8, 4) is 0 Å². The van der Waals surface area contributed by atoms with Crippen LogP contribution in [0.3, 0.4) is 0 Å². The van der Waals surface area contributed by atoms with Gasteiger partial charge in [-0.3, -0.25) is 14.4 Å². The molecule has 6 heteroatoms. The van der Waals surface area contributed by atoms with E-state index in [1.165, 1.54) is 186 Å². The molecular weight excluding hydrogens is 841 g/mol. The second kappa shape index (κ2) is 57.0. The predicted molar refractivity (Wildman–Crippen MR) is 293 cm³/mol. The Morgan fingerprint density at radius 1 is 0.309 bits per heavy atom. The van der Waals surface area contributed by atoms with Crippen LogP contribution in [0.4, 0.5) is 0 Å². The molecule has 1 atom stereocenters. The number of hydrogen-bond acceptors (Lipinski definition) is 6. The van der Waals surface area contributed by atoms with Gasteiger partial charge in [-0.1, -0.05) is 262 Å². The SMILES string of the molecule is CCCCC/C=C\C/C=C\CCCCCCCCCC(=O)OCC(COC(=O)CCCCC/C=C\C=C/CCCCCCCCC)OC(=O)CCCCCCCCCCCCCCCCCCC. The van der Waals surface area contributed by atoms with Gasteiger partial charge in [0.05, 0.1) is 0 Å². The quantitative estimate of drug-likeness (QED) is 0.0199. The van der Waals surface area contributed by atoms with Gasteiger partial charge in [0.15, 0.2) is 6.10 Å². The highest BCUT2D eigenvalue weighted by molar-refractivity contribution is 5.71. The third-order valence-corrected chi connectivity index (χ3v) is 13.1. The molecule has 68 heavy (non-hydrogen) atoms. The van der Waals surface area contributed by atoms with Crippen molar-refractivity contribution in [2.45, 2.75) is 316 Å². The van der Waals surface area contributed by atoms with Crippen LogP contribution < -0.4 is 0 Å². The van der Waals surface area contributed by atoms with Gasteiger partial charge < -0.3 is 14.2 Å². The number of unbranched alkanes of at least 4 members (excludes halogenated alkanes) is 36. The predicted octanol–water partition coefficient (Wildman–Crippen LogP) is 19.8. The molecule has 0 aromatic heterocycles. The Morgan fingerprint density at radius 2 is 0.574 bits per heavy atom. The maximum atomic E-state index is 12.9. The van der Waals surface area contributed by atoms with Crippen molar-refractivity contribution in [3.05, 3.63) is 48.6 Å². The number of hydrogen-bond donors (Lipinski definition) is 0. The molecule has 0 aliphatic rings. The summed E-state index contributed by atoms with van der Waals surface area (Å²) in [5, 5.41) is 0. The lowest BCUT2D eigenvalue weighted by atomic mass is 10.0. The minimum atomic E-state index is -0.785. The monoisotopic (exact) mass is 953 g/mol. The Hall–Kier alpha value is -2.63. The summed E-state index contributed by atoms with van der Waals surface area (Å²) in [6.07, 6.45) is 69.6. The van der Waals surface area contributed by atoms with E-state index < -0.39 is 6.10 Å². The topological polar surface area (TPSA) is 78.9 Å². The van der Waals surface area contributed by atoms with E-state index >= 15 is 0 Å². The summed E-state index contributed by atoms with van der Waals surface area (Å²) >= 11 is 0. The second-order valence-corrected chi connectivity index (χ2v) is 19.9. The minimum absolute atomic E-state index is 0.0829. The molecule has 0 spiro atoms. The number of ether oxygens (including phenoxy) is 3. The van der Waals surface area contributed by atoms with E-state index in [-0.39, 0.29) is 31.1 Å². The van der Waals surface area contributed by atoms with Crippen LogP contribution in [-0.4, -0.2) is 37.2 Å². The average Bonchev–Trinajstić information content (AvgIpc) is 3.34. The number of carbonyl (C=O) groups excluding carboxylic acids is 3. The number of rotatable bonds is 54. The average molecular weight is 954 g/mol. The fourth-order valence-electron chi connectivity index (χ4n) is 8.58. The van der Waals surface area contributed by atoms with E-state index in [2.05, 4.69) is 69.4 Å². The molecule has 396 valence electrons. The molecule has 0 rings (SSSR count). The van der Waals surface area contributed by atoms with Gasteiger partial charge in [-0.25, -0.2) is 0 Å². The summed E-state index contributed by atoms with van der Waals surface area (Å²) in [7, 11) is 0. The van der Waals surface area contributed by atoms with Crippen LogP contribution in [0.1, 0.15) is 310 Å². The molecular formula is C62H112O6. The molecule has 0 heterocycles. The highest BCUT2D eigenvalue weighted by Gasteiger charge is 2.19. The smallest absolute Gasteiger partial charge is 0.306 e. The molecule has 0 aromatic rings. The number of carbonyl (C=O) groups is 3. The summed E-state index contributed by atoms with van der Waals surface area (Å²) in [6, 6.07) is 0. The lowest BCUT2D eigenvalue weighted by molar-refractivity contribution is -0.167. The van der Waals surface area contributed by atoms with Crippen molar-refractivity contribution in [1.29, 1.82) is 0 Å². The fraction of sp³-hybridized carbons (Fsp3) is 0.823. The van der Waals surface area contributed by atoms with Crippen LogP contribution in [0.2, 0.25) is 0 Å². The van der Waals surface area contributed by atoms with E-state index in [0.717, 1.165) is 83.5 Å². The Labute approximate surface area is 422 Å². The summed E-state index contributed by atoms with van der Waals surface area (Å²) in [5.74, 6) is -0.900. The Balaban J connectivity index is 4.40. The second-order valence-electron chi connectivity index (χ2n) is 19.9. The van der Waals surface area contributed by atoms with E-state index in [9.17, 15) is 14.4 Å². The van der Waals surface area contributed by atoms with Crippen LogP contribution in [0.15, 0.2) is 48.6 Å². The van der Waals surface area contributed by atoms with Gasteiger partial charge in [-0.15, -0.1) is 0 Å². The molecule has 0 N–H and O–H groups in total. The van der Waals surface area contributed by atoms with E-state index in [4.69, 9.17) is 14.2 Å². The standard InChI is InChI=1S/C62H112O6/c1-4-7-10-13-16-19-22-25-28-31-34-37-40-43-46-49-52-55-61(64)67-58-59(57-66-60(63)54-51-48-45-42-39-36-33-30-27-24-21-18-15-12-9-6-3)68-62(65)56-53-50-47-44-41-38-35-32-29-26-23-20-17-14-11-8-5-2/h16,19,25,28,30,33,36,39,59H,4-15,17-18,20-24,26-27,29,31-32,34-35,37-38,40-58H2,1-3H3/b19-16-,28-25-,33-30-,39-36-. The maximum absolute atomic E-state index is 12.9. The first-order valence-electron chi connectivity index (χ1n) is 29.7. The zero-order chi connectivity index (χ0) is 49.3. The molecule has 0 fully saturated rings. The lowest BCUT2D eigenvalue weighted by Gasteiger charge is -2.18. The normalized spacial score (nSPS) is 12.3. The molecule has 0 aliphatic carbocycles. The number of allylic oxidation sites excluding steroid dienone is 8. The first-order valence-corrected chi connectivity index (χ1v) is 29.7. The molecule has 0 saturated carbocycles. The lowest BCUT2D eigenvalue weighted by Crippen LogP contribution is -2.30.